The number of unbranched alkanes of at least 4 members (excludes halogenated alkanes) is 32. The van der Waals surface area contributed by atoms with E-state index in [2.05, 4.69) is 23.3 Å². The number of aliphatic hydroxyl groups is 4. The van der Waals surface area contributed by atoms with Gasteiger partial charge in [-0.25, -0.2) is 4.18 Å². The van der Waals surface area contributed by atoms with Gasteiger partial charge in [-0.15, -0.1) is 0 Å². The molecule has 368 valence electrons. The van der Waals surface area contributed by atoms with E-state index in [9.17, 15) is 38.2 Å². The highest BCUT2D eigenvalue weighted by molar-refractivity contribution is 7.80. The molecule has 0 spiro atoms. The highest BCUT2D eigenvalue weighted by Crippen LogP contribution is 2.26. The molecular formula is C49H95NO11S. The second-order valence-electron chi connectivity index (χ2n) is 18.1. The minimum Gasteiger partial charge on any atom is -0.394 e. The van der Waals surface area contributed by atoms with Crippen LogP contribution >= 0.6 is 0 Å². The van der Waals surface area contributed by atoms with Crippen LogP contribution in [0.2, 0.25) is 0 Å². The molecule has 12 nitrogen and oxygen atoms in total. The van der Waals surface area contributed by atoms with Gasteiger partial charge in [0.05, 0.1) is 25.4 Å². The molecule has 13 heteroatoms. The van der Waals surface area contributed by atoms with Crippen LogP contribution in [0.25, 0.3) is 0 Å². The fourth-order valence-corrected chi connectivity index (χ4v) is 8.85. The summed E-state index contributed by atoms with van der Waals surface area (Å²) >= 11 is 0. The van der Waals surface area contributed by atoms with Crippen molar-refractivity contribution >= 4 is 16.3 Å². The Hall–Kier alpha value is -1.16. The number of carbonyl (C=O) groups excluding carboxylic acids is 1. The molecule has 0 aromatic heterocycles. The van der Waals surface area contributed by atoms with Gasteiger partial charge in [-0.2, -0.15) is 8.42 Å². The standard InChI is InChI=1S/C49H95NO11S/c1-3-5-7-9-11-13-15-17-19-21-23-24-26-28-30-32-34-36-38-43(52)42(41-59-49-47(55)48(61-62(56,57)58)46(54)44(40-51)60-49)50-45(53)39-37-35-33-31-29-27-25-22-20-18-16-14-12-10-8-6-4-2/h36,38,42-44,46-49,51-52,54-55H,3-35,37,39-41H2,1-2H3,(H,50,53)(H,56,57,58)/b38-36+. The molecule has 0 aromatic rings. The van der Waals surface area contributed by atoms with Crippen LogP contribution in [-0.2, 0) is 28.9 Å². The monoisotopic (exact) mass is 906 g/mol. The molecule has 0 aliphatic carbocycles. The summed E-state index contributed by atoms with van der Waals surface area (Å²) < 4.78 is 47.7. The maximum Gasteiger partial charge on any atom is 0.397 e. The molecule has 0 saturated carbocycles. The molecule has 1 aliphatic rings. The van der Waals surface area contributed by atoms with Crippen molar-refractivity contribution in [3.8, 4) is 0 Å². The van der Waals surface area contributed by atoms with Gasteiger partial charge in [0.15, 0.2) is 6.29 Å². The van der Waals surface area contributed by atoms with Gasteiger partial charge >= 0.3 is 10.4 Å². The van der Waals surface area contributed by atoms with Gasteiger partial charge in [-0.3, -0.25) is 9.35 Å². The average Bonchev–Trinajstić information content (AvgIpc) is 3.24. The molecule has 1 fully saturated rings. The van der Waals surface area contributed by atoms with Crippen LogP contribution in [0.1, 0.15) is 239 Å². The largest absolute Gasteiger partial charge is 0.397 e. The third kappa shape index (κ3) is 32.5. The Bertz CT molecular complexity index is 1160. The molecule has 1 saturated heterocycles. The number of hydrogen-bond donors (Lipinski definition) is 6. The summed E-state index contributed by atoms with van der Waals surface area (Å²) in [5.41, 5.74) is 0. The van der Waals surface area contributed by atoms with Crippen molar-refractivity contribution in [3.63, 3.8) is 0 Å². The lowest BCUT2D eigenvalue weighted by atomic mass is 9.99. The van der Waals surface area contributed by atoms with Crippen LogP contribution in [0.4, 0.5) is 0 Å². The lowest BCUT2D eigenvalue weighted by molar-refractivity contribution is -0.298. The lowest BCUT2D eigenvalue weighted by Gasteiger charge is -2.41. The van der Waals surface area contributed by atoms with E-state index >= 15 is 0 Å². The average molecular weight is 906 g/mol. The molecule has 7 atom stereocenters. The van der Waals surface area contributed by atoms with E-state index in [1.165, 1.54) is 173 Å². The van der Waals surface area contributed by atoms with Crippen molar-refractivity contribution in [1.82, 2.24) is 5.32 Å². The Morgan fingerprint density at radius 2 is 1.02 bits per heavy atom. The van der Waals surface area contributed by atoms with E-state index in [0.29, 0.717) is 6.42 Å². The van der Waals surface area contributed by atoms with Crippen molar-refractivity contribution in [2.45, 2.75) is 281 Å². The van der Waals surface area contributed by atoms with E-state index in [4.69, 9.17) is 9.47 Å². The third-order valence-corrected chi connectivity index (χ3v) is 12.8. The summed E-state index contributed by atoms with van der Waals surface area (Å²) in [5.74, 6) is -0.258. The minimum absolute atomic E-state index is 0.258. The SMILES string of the molecule is CCCCCCCCCCCCCCCCCC/C=C/C(O)C(COC1OC(CO)C(O)C(OS(=O)(=O)O)C1O)NC(=O)CCCCCCCCCCCCCCCCCCC. The number of hydrogen-bond acceptors (Lipinski definition) is 10. The van der Waals surface area contributed by atoms with Gasteiger partial charge in [0, 0.05) is 6.42 Å². The molecule has 1 amide bonds. The molecule has 0 bridgehead atoms. The Morgan fingerprint density at radius 3 is 1.40 bits per heavy atom. The number of amides is 1. The second-order valence-corrected chi connectivity index (χ2v) is 19.2. The third-order valence-electron chi connectivity index (χ3n) is 12.3. The van der Waals surface area contributed by atoms with Crippen molar-refractivity contribution < 1.29 is 51.8 Å². The fourth-order valence-electron chi connectivity index (χ4n) is 8.34. The van der Waals surface area contributed by atoms with E-state index in [1.807, 2.05) is 6.08 Å². The molecule has 0 radical (unpaired) electrons. The number of carbonyl (C=O) groups is 1. The van der Waals surface area contributed by atoms with Crippen molar-refractivity contribution in [2.24, 2.45) is 0 Å². The lowest BCUT2D eigenvalue weighted by Crippen LogP contribution is -2.61. The van der Waals surface area contributed by atoms with Crippen LogP contribution in [0.5, 0.6) is 0 Å². The van der Waals surface area contributed by atoms with E-state index < -0.39 is 59.9 Å². The number of nitrogens with one attached hydrogen (secondary N) is 1. The van der Waals surface area contributed by atoms with Crippen LogP contribution in [0, 0.1) is 0 Å². The first-order valence-corrected chi connectivity index (χ1v) is 26.9. The van der Waals surface area contributed by atoms with Crippen LogP contribution in [-0.4, -0.2) is 95.4 Å². The second kappa shape index (κ2) is 40.1. The van der Waals surface area contributed by atoms with Gasteiger partial charge < -0.3 is 35.2 Å². The van der Waals surface area contributed by atoms with Gasteiger partial charge in [-0.05, 0) is 19.3 Å². The summed E-state index contributed by atoms with van der Waals surface area (Å²) in [6.07, 6.45) is 36.7. The Labute approximate surface area is 379 Å². The molecule has 1 heterocycles. The molecular weight excluding hydrogens is 811 g/mol. The van der Waals surface area contributed by atoms with Crippen LogP contribution in [0.3, 0.4) is 0 Å². The van der Waals surface area contributed by atoms with Crippen molar-refractivity contribution in [2.75, 3.05) is 13.2 Å². The summed E-state index contributed by atoms with van der Waals surface area (Å²) in [5, 5.41) is 44.8. The predicted molar refractivity (Wildman–Crippen MR) is 250 cm³/mol. The topological polar surface area (TPSA) is 192 Å². The molecule has 7 unspecified atom stereocenters. The maximum absolute atomic E-state index is 13.1. The quantitative estimate of drug-likeness (QED) is 0.0194. The highest BCUT2D eigenvalue weighted by Gasteiger charge is 2.48. The van der Waals surface area contributed by atoms with E-state index in [-0.39, 0.29) is 18.9 Å². The number of ether oxygens (including phenoxy) is 2. The first kappa shape index (κ1) is 58.9. The zero-order valence-electron chi connectivity index (χ0n) is 39.5. The van der Waals surface area contributed by atoms with Crippen molar-refractivity contribution in [3.05, 3.63) is 12.2 Å². The predicted octanol–water partition coefficient (Wildman–Crippen LogP) is 10.7. The molecule has 6 N–H and O–H groups in total. The van der Waals surface area contributed by atoms with Gasteiger partial charge in [0.1, 0.15) is 24.4 Å². The zero-order valence-corrected chi connectivity index (χ0v) is 40.3. The smallest absolute Gasteiger partial charge is 0.394 e. The zero-order chi connectivity index (χ0) is 45.5. The summed E-state index contributed by atoms with van der Waals surface area (Å²) in [6, 6.07) is -0.938. The normalized spacial score (nSPS) is 20.5. The van der Waals surface area contributed by atoms with E-state index in [1.54, 1.807) is 6.08 Å². The molecule has 1 rings (SSSR count). The fraction of sp³-hybridized carbons (Fsp3) is 0.939. The van der Waals surface area contributed by atoms with Crippen LogP contribution in [0.15, 0.2) is 12.2 Å². The molecule has 0 aromatic carbocycles. The number of allylic oxidation sites excluding steroid dienone is 1. The van der Waals surface area contributed by atoms with Gasteiger partial charge in [0.2, 0.25) is 5.91 Å². The summed E-state index contributed by atoms with van der Waals surface area (Å²) in [4.78, 5) is 13.1. The van der Waals surface area contributed by atoms with Gasteiger partial charge in [0.25, 0.3) is 0 Å². The maximum atomic E-state index is 13.1. The summed E-state index contributed by atoms with van der Waals surface area (Å²) in [7, 11) is -5.08. The Morgan fingerprint density at radius 1 is 0.629 bits per heavy atom. The number of aliphatic hydroxyl groups excluding tert-OH is 4. The molecule has 62 heavy (non-hydrogen) atoms. The Balaban J connectivity index is 2.46. The highest BCUT2D eigenvalue weighted by atomic mass is 32.3. The first-order valence-electron chi connectivity index (χ1n) is 25.6. The van der Waals surface area contributed by atoms with Gasteiger partial charge in [-0.1, -0.05) is 225 Å². The first-order chi connectivity index (χ1) is 30.0. The Kier molecular flexibility index (Phi) is 38.1. The number of rotatable bonds is 44. The van der Waals surface area contributed by atoms with Crippen molar-refractivity contribution in [1.29, 1.82) is 0 Å². The van der Waals surface area contributed by atoms with E-state index in [0.717, 1.165) is 38.5 Å². The molecule has 1 aliphatic heterocycles. The minimum atomic E-state index is -5.08. The van der Waals surface area contributed by atoms with Crippen LogP contribution < -0.4 is 5.32 Å². The summed E-state index contributed by atoms with van der Waals surface area (Å²) in [6.45, 7) is 3.42.